The third-order valence-corrected chi connectivity index (χ3v) is 6.73. The summed E-state index contributed by atoms with van der Waals surface area (Å²) in [4.78, 5) is 43.4. The summed E-state index contributed by atoms with van der Waals surface area (Å²) >= 11 is 0. The first-order valence-corrected chi connectivity index (χ1v) is 12.4. The third-order valence-electron chi connectivity index (χ3n) is 6.73. The van der Waals surface area contributed by atoms with Crippen LogP contribution in [0.25, 0.3) is 0 Å². The van der Waals surface area contributed by atoms with E-state index >= 15 is 0 Å². The zero-order valence-electron chi connectivity index (χ0n) is 19.6. The second-order valence-electron chi connectivity index (χ2n) is 9.08. The number of anilines is 1. The molecule has 1 aromatic heterocycles. The Morgan fingerprint density at radius 3 is 2.59 bits per heavy atom. The van der Waals surface area contributed by atoms with Gasteiger partial charge in [-0.2, -0.15) is 0 Å². The fourth-order valence-electron chi connectivity index (χ4n) is 4.65. The van der Waals surface area contributed by atoms with E-state index in [1.807, 2.05) is 0 Å². The molecular weight excluding hydrogens is 404 g/mol. The molecule has 0 saturated carbocycles. The number of amides is 3. The van der Waals surface area contributed by atoms with Crippen LogP contribution in [-0.2, 0) is 9.59 Å². The van der Waals surface area contributed by atoms with Gasteiger partial charge in [0.2, 0.25) is 11.8 Å². The molecule has 2 atom stereocenters. The van der Waals surface area contributed by atoms with Crippen LogP contribution in [-0.4, -0.2) is 41.8 Å². The summed E-state index contributed by atoms with van der Waals surface area (Å²) in [5.74, 6) is -0.673. The van der Waals surface area contributed by atoms with E-state index < -0.39 is 11.9 Å². The maximum Gasteiger partial charge on any atom is 0.272 e. The first kappa shape index (κ1) is 24.2. The van der Waals surface area contributed by atoms with Crippen LogP contribution < -0.4 is 15.5 Å². The van der Waals surface area contributed by atoms with Gasteiger partial charge in [-0.3, -0.25) is 19.7 Å². The average molecular weight is 443 g/mol. The van der Waals surface area contributed by atoms with E-state index in [1.165, 1.54) is 44.1 Å². The molecule has 2 aliphatic rings. The molecule has 2 fully saturated rings. The smallest absolute Gasteiger partial charge is 0.272 e. The summed E-state index contributed by atoms with van der Waals surface area (Å²) in [7, 11) is 0. The highest BCUT2D eigenvalue weighted by Crippen LogP contribution is 2.37. The van der Waals surface area contributed by atoms with E-state index in [4.69, 9.17) is 0 Å². The zero-order chi connectivity index (χ0) is 22.9. The van der Waals surface area contributed by atoms with E-state index in [0.717, 1.165) is 38.0 Å². The topological polar surface area (TPSA) is 91.4 Å². The Labute approximate surface area is 191 Å². The largest absolute Gasteiger partial charge is 0.369 e. The van der Waals surface area contributed by atoms with Crippen LogP contribution >= 0.6 is 0 Å². The molecule has 7 heteroatoms. The van der Waals surface area contributed by atoms with Gasteiger partial charge in [-0.1, -0.05) is 52.4 Å². The van der Waals surface area contributed by atoms with Gasteiger partial charge >= 0.3 is 0 Å². The summed E-state index contributed by atoms with van der Waals surface area (Å²) in [5.41, 5.74) is 2.53. The van der Waals surface area contributed by atoms with Gasteiger partial charge in [0.25, 0.3) is 5.91 Å². The summed E-state index contributed by atoms with van der Waals surface area (Å²) in [6.07, 6.45) is 13.2. The van der Waals surface area contributed by atoms with Crippen LogP contribution in [0.4, 0.5) is 5.69 Å². The Balaban J connectivity index is 1.74. The van der Waals surface area contributed by atoms with Crippen molar-refractivity contribution in [3.63, 3.8) is 0 Å². The highest BCUT2D eigenvalue weighted by molar-refractivity contribution is 6.05. The lowest BCUT2D eigenvalue weighted by atomic mass is 9.88. The van der Waals surface area contributed by atoms with E-state index in [0.29, 0.717) is 18.0 Å². The van der Waals surface area contributed by atoms with Gasteiger partial charge < -0.3 is 10.2 Å². The van der Waals surface area contributed by atoms with Crippen LogP contribution in [0.2, 0.25) is 0 Å². The van der Waals surface area contributed by atoms with E-state index in [-0.39, 0.29) is 18.2 Å². The van der Waals surface area contributed by atoms with E-state index in [2.05, 4.69) is 40.4 Å². The van der Waals surface area contributed by atoms with Gasteiger partial charge in [-0.25, -0.2) is 4.98 Å². The van der Waals surface area contributed by atoms with Gasteiger partial charge in [0, 0.05) is 25.7 Å². The predicted octanol–water partition coefficient (Wildman–Crippen LogP) is 4.07. The highest BCUT2D eigenvalue weighted by Gasteiger charge is 2.32. The van der Waals surface area contributed by atoms with Gasteiger partial charge in [0.1, 0.15) is 6.04 Å². The van der Waals surface area contributed by atoms with Crippen molar-refractivity contribution in [1.82, 2.24) is 15.6 Å². The molecule has 0 radical (unpaired) electrons. The Kier molecular flexibility index (Phi) is 9.06. The summed E-state index contributed by atoms with van der Waals surface area (Å²) in [5, 5.41) is 5.12. The molecule has 0 spiro atoms. The molecule has 0 bridgehead atoms. The number of aromatic nitrogens is 1. The number of carbonyl (C=O) groups excluding carboxylic acids is 3. The van der Waals surface area contributed by atoms with Crippen LogP contribution in [0.15, 0.2) is 12.3 Å². The maximum atomic E-state index is 13.2. The molecule has 2 saturated heterocycles. The first-order chi connectivity index (χ1) is 15.5. The lowest BCUT2D eigenvalue weighted by molar-refractivity contribution is -0.134. The highest BCUT2D eigenvalue weighted by atomic mass is 16.2. The molecule has 2 unspecified atom stereocenters. The van der Waals surface area contributed by atoms with Crippen molar-refractivity contribution in [2.45, 2.75) is 96.4 Å². The quantitative estimate of drug-likeness (QED) is 0.376. The van der Waals surface area contributed by atoms with Gasteiger partial charge in [-0.15, -0.1) is 0 Å². The number of pyridine rings is 1. The zero-order valence-corrected chi connectivity index (χ0v) is 19.6. The number of rotatable bonds is 12. The van der Waals surface area contributed by atoms with Crippen molar-refractivity contribution in [3.05, 3.63) is 23.5 Å². The number of hydrogen-bond acceptors (Lipinski definition) is 5. The third kappa shape index (κ3) is 6.08. The second kappa shape index (κ2) is 12.0. The SMILES string of the molecule is CCCCCCCCC(CC)c1ccnc(C(=O)NC2CCC(=O)NC2=O)c1N1CCC1. The molecule has 176 valence electrons. The Morgan fingerprint density at radius 1 is 1.19 bits per heavy atom. The number of piperidine rings is 1. The summed E-state index contributed by atoms with van der Waals surface area (Å²) in [6.45, 7) is 6.29. The molecule has 3 amide bonds. The molecule has 3 heterocycles. The Bertz CT molecular complexity index is 806. The molecule has 1 aromatic rings. The van der Waals surface area contributed by atoms with Crippen molar-refractivity contribution >= 4 is 23.4 Å². The minimum Gasteiger partial charge on any atom is -0.369 e. The molecular formula is C25H38N4O3. The number of unbranched alkanes of at least 4 members (excludes halogenated alkanes) is 5. The van der Waals surface area contributed by atoms with Gasteiger partial charge in [-0.05, 0) is 43.2 Å². The van der Waals surface area contributed by atoms with Crippen molar-refractivity contribution in [1.29, 1.82) is 0 Å². The molecule has 0 aliphatic carbocycles. The van der Waals surface area contributed by atoms with Crippen LogP contribution in [0.3, 0.4) is 0 Å². The number of imide groups is 1. The predicted molar refractivity (Wildman–Crippen MR) is 126 cm³/mol. The van der Waals surface area contributed by atoms with Crippen molar-refractivity contribution in [2.75, 3.05) is 18.0 Å². The lowest BCUT2D eigenvalue weighted by Crippen LogP contribution is -2.52. The fraction of sp³-hybridized carbons (Fsp3) is 0.680. The number of nitrogens with one attached hydrogen (secondary N) is 2. The minimum absolute atomic E-state index is 0.235. The number of nitrogens with zero attached hydrogens (tertiary/aromatic N) is 2. The normalized spacial score (nSPS) is 19.3. The van der Waals surface area contributed by atoms with Crippen molar-refractivity contribution in [2.24, 2.45) is 0 Å². The van der Waals surface area contributed by atoms with Crippen LogP contribution in [0.1, 0.15) is 106 Å². The first-order valence-electron chi connectivity index (χ1n) is 12.4. The molecule has 3 rings (SSSR count). The van der Waals surface area contributed by atoms with E-state index in [1.54, 1.807) is 6.20 Å². The lowest BCUT2D eigenvalue weighted by Gasteiger charge is -2.37. The van der Waals surface area contributed by atoms with Crippen LogP contribution in [0.5, 0.6) is 0 Å². The average Bonchev–Trinajstić information content (AvgIpc) is 2.74. The fourth-order valence-corrected chi connectivity index (χ4v) is 4.65. The van der Waals surface area contributed by atoms with Gasteiger partial charge in [0.05, 0.1) is 5.69 Å². The molecule has 7 nitrogen and oxygen atoms in total. The Hall–Kier alpha value is -2.44. The van der Waals surface area contributed by atoms with E-state index in [9.17, 15) is 14.4 Å². The monoisotopic (exact) mass is 442 g/mol. The number of hydrogen-bond donors (Lipinski definition) is 2. The number of carbonyl (C=O) groups is 3. The van der Waals surface area contributed by atoms with Crippen LogP contribution in [0, 0.1) is 0 Å². The standard InChI is InChI=1S/C25H38N4O3/c1-3-5-6-7-8-9-11-18(4-2)19-14-15-26-22(23(19)29-16-10-17-29)25(32)27-20-12-13-21(30)28-24(20)31/h14-15,18,20H,3-13,16-17H2,1-2H3,(H,27,32)(H,28,30,31). The Morgan fingerprint density at radius 2 is 1.94 bits per heavy atom. The van der Waals surface area contributed by atoms with Gasteiger partial charge in [0.15, 0.2) is 5.69 Å². The maximum absolute atomic E-state index is 13.2. The van der Waals surface area contributed by atoms with Crippen molar-refractivity contribution < 1.29 is 14.4 Å². The molecule has 2 N–H and O–H groups in total. The molecule has 2 aliphatic heterocycles. The second-order valence-corrected chi connectivity index (χ2v) is 9.08. The molecule has 0 aromatic carbocycles. The summed E-state index contributed by atoms with van der Waals surface area (Å²) < 4.78 is 0. The van der Waals surface area contributed by atoms with Crippen molar-refractivity contribution in [3.8, 4) is 0 Å². The summed E-state index contributed by atoms with van der Waals surface area (Å²) in [6, 6.07) is 1.38. The minimum atomic E-state index is -0.694. The molecule has 32 heavy (non-hydrogen) atoms.